The van der Waals surface area contributed by atoms with Crippen LogP contribution in [-0.2, 0) is 4.74 Å². The third-order valence-electron chi connectivity index (χ3n) is 3.58. The maximum absolute atomic E-state index is 14.4. The van der Waals surface area contributed by atoms with Crippen molar-refractivity contribution in [2.75, 3.05) is 12.4 Å². The van der Waals surface area contributed by atoms with E-state index in [0.717, 1.165) is 18.4 Å². The zero-order valence-corrected chi connectivity index (χ0v) is 15.3. The highest BCUT2D eigenvalue weighted by molar-refractivity contribution is 6.88. The molecule has 130 valence electrons. The van der Waals surface area contributed by atoms with E-state index in [1.165, 1.54) is 12.1 Å². The topological polar surface area (TPSA) is 75.0 Å². The fraction of sp³-hybridized carbons (Fsp3) is 0.235. The van der Waals surface area contributed by atoms with E-state index in [1.807, 2.05) is 0 Å². The van der Waals surface area contributed by atoms with Crippen LogP contribution in [0.5, 0.6) is 0 Å². The number of nitriles is 1. The van der Waals surface area contributed by atoms with Crippen molar-refractivity contribution in [1.29, 1.82) is 5.26 Å². The first-order valence-corrected chi connectivity index (χ1v) is 10.9. The van der Waals surface area contributed by atoms with Crippen molar-refractivity contribution in [2.45, 2.75) is 19.6 Å². The van der Waals surface area contributed by atoms with Gasteiger partial charge in [0.25, 0.3) is 0 Å². The number of nitrogens with zero attached hydrogens (tertiary/aromatic N) is 2. The normalized spacial score (nSPS) is 10.9. The third kappa shape index (κ3) is 4.00. The summed E-state index contributed by atoms with van der Waals surface area (Å²) in [7, 11) is -0.556. The number of rotatable bonds is 4. The van der Waals surface area contributed by atoms with Gasteiger partial charge in [-0.1, -0.05) is 30.9 Å². The summed E-state index contributed by atoms with van der Waals surface area (Å²) in [5, 5.41) is 12.5. The molecule has 1 N–H and O–H groups in total. The molecule has 0 saturated carbocycles. The number of hydrogen-bond donors (Lipinski definition) is 1. The molecule has 0 spiro atoms. The van der Waals surface area contributed by atoms with Gasteiger partial charge in [0.2, 0.25) is 0 Å². The van der Waals surface area contributed by atoms with Crippen molar-refractivity contribution in [2.24, 2.45) is 0 Å². The van der Waals surface area contributed by atoms with Gasteiger partial charge in [-0.15, -0.1) is 0 Å². The summed E-state index contributed by atoms with van der Waals surface area (Å²) in [5.41, 5.74) is -0.669. The van der Waals surface area contributed by atoms with Gasteiger partial charge in [-0.2, -0.15) is 5.26 Å². The number of esters is 1. The second kappa shape index (κ2) is 6.99. The molecule has 0 amide bonds. The van der Waals surface area contributed by atoms with Crippen molar-refractivity contribution in [3.63, 3.8) is 0 Å². The summed E-state index contributed by atoms with van der Waals surface area (Å²) in [4.78, 5) is 15.6. The standard InChI is InChI=1S/C17H17F2N3O2Si/c1-24-17(23)11-8-13(19)15(9-20)22-16(11)21-14-6-5-10(7-12(14)18)25(2,3)4/h5-8H,1-4H3,(H,21,22). The molecule has 0 radical (unpaired) electrons. The minimum absolute atomic E-state index is 0.0650. The van der Waals surface area contributed by atoms with Crippen LogP contribution in [0, 0.1) is 23.0 Å². The van der Waals surface area contributed by atoms with E-state index < -0.39 is 31.4 Å². The Morgan fingerprint density at radius 2 is 1.92 bits per heavy atom. The zero-order valence-electron chi connectivity index (χ0n) is 14.3. The van der Waals surface area contributed by atoms with Crippen molar-refractivity contribution in [1.82, 2.24) is 4.98 Å². The first-order chi connectivity index (χ1) is 11.7. The smallest absolute Gasteiger partial charge is 0.341 e. The van der Waals surface area contributed by atoms with Gasteiger partial charge < -0.3 is 10.1 Å². The number of aromatic nitrogens is 1. The molecule has 2 aromatic rings. The Morgan fingerprint density at radius 3 is 2.44 bits per heavy atom. The molecule has 0 bridgehead atoms. The van der Waals surface area contributed by atoms with Crippen molar-refractivity contribution in [3.05, 3.63) is 47.2 Å². The van der Waals surface area contributed by atoms with Crippen LogP contribution in [0.4, 0.5) is 20.3 Å². The summed E-state index contributed by atoms with van der Waals surface area (Å²) >= 11 is 0. The predicted octanol–water partition coefficient (Wildman–Crippen LogP) is 3.31. The van der Waals surface area contributed by atoms with E-state index in [1.54, 1.807) is 12.1 Å². The second-order valence-electron chi connectivity index (χ2n) is 6.39. The van der Waals surface area contributed by atoms with E-state index in [2.05, 4.69) is 34.7 Å². The van der Waals surface area contributed by atoms with Gasteiger partial charge in [-0.05, 0) is 18.2 Å². The van der Waals surface area contributed by atoms with Crippen LogP contribution in [-0.4, -0.2) is 26.1 Å². The molecule has 0 aliphatic heterocycles. The van der Waals surface area contributed by atoms with E-state index in [9.17, 15) is 13.6 Å². The van der Waals surface area contributed by atoms with Gasteiger partial charge in [-0.25, -0.2) is 18.6 Å². The van der Waals surface area contributed by atoms with Crippen LogP contribution in [0.25, 0.3) is 0 Å². The molecule has 1 aromatic carbocycles. The number of benzene rings is 1. The number of pyridine rings is 1. The molecule has 1 aromatic heterocycles. The highest BCUT2D eigenvalue weighted by atomic mass is 28.3. The quantitative estimate of drug-likeness (QED) is 0.668. The maximum Gasteiger partial charge on any atom is 0.341 e. The number of carbonyl (C=O) groups excluding carboxylic acids is 1. The fourth-order valence-corrected chi connectivity index (χ4v) is 3.28. The maximum atomic E-state index is 14.4. The Balaban J connectivity index is 2.49. The van der Waals surface area contributed by atoms with E-state index in [4.69, 9.17) is 5.26 Å². The van der Waals surface area contributed by atoms with Crippen LogP contribution in [0.2, 0.25) is 19.6 Å². The number of halogens is 2. The van der Waals surface area contributed by atoms with E-state index in [-0.39, 0.29) is 17.1 Å². The largest absolute Gasteiger partial charge is 0.465 e. The molecule has 8 heteroatoms. The summed E-state index contributed by atoms with van der Waals surface area (Å²) in [5.74, 6) is -2.48. The lowest BCUT2D eigenvalue weighted by atomic mass is 10.2. The molecule has 0 aliphatic rings. The van der Waals surface area contributed by atoms with Crippen LogP contribution in [0.3, 0.4) is 0 Å². The summed E-state index contributed by atoms with van der Waals surface area (Å²) in [6.45, 7) is 6.26. The molecule has 1 heterocycles. The van der Waals surface area contributed by atoms with Crippen LogP contribution >= 0.6 is 0 Å². The zero-order chi connectivity index (χ0) is 18.8. The molecule has 0 aliphatic carbocycles. The number of anilines is 2. The van der Waals surface area contributed by atoms with Crippen molar-refractivity contribution in [3.8, 4) is 6.07 Å². The molecule has 25 heavy (non-hydrogen) atoms. The molecular formula is C17H17F2N3O2Si. The number of nitrogens with one attached hydrogen (secondary N) is 1. The minimum Gasteiger partial charge on any atom is -0.465 e. The van der Waals surface area contributed by atoms with Gasteiger partial charge in [0.1, 0.15) is 23.3 Å². The minimum atomic E-state index is -1.69. The summed E-state index contributed by atoms with van der Waals surface area (Å²) in [6, 6.07) is 7.18. The highest BCUT2D eigenvalue weighted by Crippen LogP contribution is 2.24. The Morgan fingerprint density at radius 1 is 1.24 bits per heavy atom. The van der Waals surface area contributed by atoms with Gasteiger partial charge in [0.15, 0.2) is 11.5 Å². The fourth-order valence-electron chi connectivity index (χ4n) is 2.14. The summed E-state index contributed by atoms with van der Waals surface area (Å²) in [6.07, 6.45) is 0. The molecule has 0 unspecified atom stereocenters. The summed E-state index contributed by atoms with van der Waals surface area (Å²) < 4.78 is 32.7. The molecular weight excluding hydrogens is 344 g/mol. The molecule has 0 saturated heterocycles. The Labute approximate surface area is 145 Å². The number of ether oxygens (including phenoxy) is 1. The average Bonchev–Trinajstić information content (AvgIpc) is 2.56. The van der Waals surface area contributed by atoms with Crippen molar-refractivity contribution >= 4 is 30.7 Å². The van der Waals surface area contributed by atoms with Crippen LogP contribution in [0.15, 0.2) is 24.3 Å². The van der Waals surface area contributed by atoms with Gasteiger partial charge in [0.05, 0.1) is 20.9 Å². The number of carbonyl (C=O) groups is 1. The van der Waals surface area contributed by atoms with E-state index >= 15 is 0 Å². The highest BCUT2D eigenvalue weighted by Gasteiger charge is 2.21. The van der Waals surface area contributed by atoms with Gasteiger partial charge in [-0.3, -0.25) is 0 Å². The Kier molecular flexibility index (Phi) is 5.18. The van der Waals surface area contributed by atoms with Crippen LogP contribution in [0.1, 0.15) is 16.1 Å². The number of hydrogen-bond acceptors (Lipinski definition) is 5. The molecule has 2 rings (SSSR count). The lowest BCUT2D eigenvalue weighted by molar-refractivity contribution is 0.0601. The monoisotopic (exact) mass is 361 g/mol. The Bertz CT molecular complexity index is 873. The molecule has 5 nitrogen and oxygen atoms in total. The SMILES string of the molecule is COC(=O)c1cc(F)c(C#N)nc1Nc1ccc([Si](C)(C)C)cc1F. The second-order valence-corrected chi connectivity index (χ2v) is 11.5. The predicted molar refractivity (Wildman–Crippen MR) is 92.9 cm³/mol. The number of methoxy groups -OCH3 is 1. The van der Waals surface area contributed by atoms with E-state index in [0.29, 0.717) is 0 Å². The molecule has 0 fully saturated rings. The Hall–Kier alpha value is -2.79. The molecule has 0 atom stereocenters. The van der Waals surface area contributed by atoms with Gasteiger partial charge in [0, 0.05) is 0 Å². The lowest BCUT2D eigenvalue weighted by Gasteiger charge is -2.18. The first kappa shape index (κ1) is 18.5. The lowest BCUT2D eigenvalue weighted by Crippen LogP contribution is -2.37. The van der Waals surface area contributed by atoms with Gasteiger partial charge >= 0.3 is 5.97 Å². The third-order valence-corrected chi connectivity index (χ3v) is 5.62. The van der Waals surface area contributed by atoms with Crippen molar-refractivity contribution < 1.29 is 18.3 Å². The van der Waals surface area contributed by atoms with Crippen LogP contribution < -0.4 is 10.5 Å². The first-order valence-electron chi connectivity index (χ1n) is 7.43. The average molecular weight is 361 g/mol.